The predicted octanol–water partition coefficient (Wildman–Crippen LogP) is 4.85. The van der Waals surface area contributed by atoms with E-state index in [1.54, 1.807) is 20.8 Å². The lowest BCUT2D eigenvalue weighted by atomic mass is 9.80. The van der Waals surface area contributed by atoms with Gasteiger partial charge in [-0.2, -0.15) is 0 Å². The summed E-state index contributed by atoms with van der Waals surface area (Å²) >= 11 is 0. The molecule has 39 heavy (non-hydrogen) atoms. The van der Waals surface area contributed by atoms with Crippen LogP contribution in [0.2, 0.25) is 0 Å². The molecule has 2 amide bonds. The lowest BCUT2D eigenvalue weighted by Gasteiger charge is -2.51. The van der Waals surface area contributed by atoms with Crippen molar-refractivity contribution in [3.63, 3.8) is 0 Å². The number of hydrogen-bond donors (Lipinski definition) is 1. The van der Waals surface area contributed by atoms with E-state index in [0.717, 1.165) is 16.8 Å². The van der Waals surface area contributed by atoms with E-state index in [-0.39, 0.29) is 45.4 Å². The topological polar surface area (TPSA) is 80.3 Å². The van der Waals surface area contributed by atoms with Crippen molar-refractivity contribution in [3.05, 3.63) is 59.7 Å². The number of carbonyl (C=O) groups is 2. The number of hydrogen-bond acceptors (Lipinski definition) is 6. The van der Waals surface area contributed by atoms with Gasteiger partial charge in [0.05, 0.1) is 17.9 Å². The summed E-state index contributed by atoms with van der Waals surface area (Å²) in [4.78, 5) is 28.2. The highest BCUT2D eigenvalue weighted by Crippen LogP contribution is 2.44. The van der Waals surface area contributed by atoms with Gasteiger partial charge in [0.1, 0.15) is 24.6 Å². The quantitative estimate of drug-likeness (QED) is 0.594. The van der Waals surface area contributed by atoms with Crippen LogP contribution in [0.3, 0.4) is 0 Å². The molecular weight excluding hydrogens is 508 g/mol. The maximum absolute atomic E-state index is 15.1. The zero-order chi connectivity index (χ0) is 27.8. The zero-order valence-corrected chi connectivity index (χ0v) is 22.5. The third-order valence-corrected chi connectivity index (χ3v) is 7.36. The highest BCUT2D eigenvalue weighted by Gasteiger charge is 2.56. The highest BCUT2D eigenvalue weighted by atomic mass is 19.3. The number of anilines is 1. The van der Waals surface area contributed by atoms with E-state index in [0.29, 0.717) is 12.2 Å². The number of amides is 2. The van der Waals surface area contributed by atoms with Crippen molar-refractivity contribution >= 4 is 17.9 Å². The molecule has 1 N–H and O–H groups in total. The SMILES string of the molecule is CC(C)(C)OC(=O)N1CC2CN(c3ccc4c(c3)OC[C@H](NC(=O)OCc3ccccc3)C4)CC(C1)C2(F)F. The molecule has 3 atom stereocenters. The minimum absolute atomic E-state index is 0.0515. The average molecular weight is 544 g/mol. The number of fused-ring (bicyclic) bond motifs is 3. The first-order chi connectivity index (χ1) is 18.5. The fraction of sp³-hybridized carbons (Fsp3) is 0.517. The zero-order valence-electron chi connectivity index (χ0n) is 22.5. The number of alkyl carbamates (subject to hydrolysis) is 1. The largest absolute Gasteiger partial charge is 0.491 e. The molecule has 0 radical (unpaired) electrons. The van der Waals surface area contributed by atoms with Crippen LogP contribution in [0.15, 0.2) is 48.5 Å². The normalized spacial score (nSPS) is 23.8. The summed E-state index contributed by atoms with van der Waals surface area (Å²) in [5, 5.41) is 2.85. The summed E-state index contributed by atoms with van der Waals surface area (Å²) in [6.07, 6.45) is -0.478. The second kappa shape index (κ2) is 10.5. The molecule has 5 rings (SSSR count). The number of nitrogens with zero attached hydrogens (tertiary/aromatic N) is 2. The van der Waals surface area contributed by atoms with Crippen LogP contribution in [-0.4, -0.2) is 67.4 Å². The van der Waals surface area contributed by atoms with Gasteiger partial charge in [0.2, 0.25) is 0 Å². The number of alkyl halides is 2. The Balaban J connectivity index is 1.18. The third kappa shape index (κ3) is 6.20. The monoisotopic (exact) mass is 543 g/mol. The van der Waals surface area contributed by atoms with Crippen LogP contribution in [-0.2, 0) is 22.5 Å². The molecule has 2 unspecified atom stereocenters. The van der Waals surface area contributed by atoms with Crippen molar-refractivity contribution in [1.29, 1.82) is 0 Å². The molecule has 10 heteroatoms. The van der Waals surface area contributed by atoms with Gasteiger partial charge >= 0.3 is 12.2 Å². The number of likely N-dealkylation sites (tertiary alicyclic amines) is 1. The lowest BCUT2D eigenvalue weighted by molar-refractivity contribution is -0.154. The summed E-state index contributed by atoms with van der Waals surface area (Å²) in [6.45, 7) is 5.91. The number of halogens is 2. The smallest absolute Gasteiger partial charge is 0.410 e. The Hall–Kier alpha value is -3.56. The summed E-state index contributed by atoms with van der Waals surface area (Å²) in [5.74, 6) is -4.16. The second-order valence-corrected chi connectivity index (χ2v) is 11.6. The fourth-order valence-electron chi connectivity index (χ4n) is 5.42. The molecule has 0 spiro atoms. The van der Waals surface area contributed by atoms with E-state index in [2.05, 4.69) is 5.32 Å². The molecule has 3 aliphatic rings. The van der Waals surface area contributed by atoms with E-state index in [1.165, 1.54) is 4.90 Å². The number of carbonyl (C=O) groups excluding carboxylic acids is 2. The first-order valence-corrected chi connectivity index (χ1v) is 13.3. The highest BCUT2D eigenvalue weighted by molar-refractivity contribution is 5.69. The molecule has 3 heterocycles. The number of piperidine rings is 2. The van der Waals surface area contributed by atoms with Gasteiger partial charge in [-0.05, 0) is 44.4 Å². The second-order valence-electron chi connectivity index (χ2n) is 11.6. The standard InChI is InChI=1S/C29H35F2N3O5/c1-28(2,3)39-27(36)34-15-21-13-33(14-22(16-34)29(21,30)31)24-10-9-20-11-23(18-37-25(20)12-24)32-26(35)38-17-19-7-5-4-6-8-19/h4-10,12,21-23H,11,13-18H2,1-3H3,(H,32,35)/t21?,22?,23-/m1/s1. The van der Waals surface area contributed by atoms with Crippen molar-refractivity contribution in [2.75, 3.05) is 37.7 Å². The number of benzene rings is 2. The van der Waals surface area contributed by atoms with E-state index >= 15 is 8.78 Å². The van der Waals surface area contributed by atoms with Crippen molar-refractivity contribution in [1.82, 2.24) is 10.2 Å². The molecule has 210 valence electrons. The molecule has 0 aromatic heterocycles. The van der Waals surface area contributed by atoms with Crippen LogP contribution in [0.4, 0.5) is 24.1 Å². The number of rotatable bonds is 4. The van der Waals surface area contributed by atoms with Crippen molar-refractivity contribution in [2.45, 2.75) is 51.4 Å². The van der Waals surface area contributed by atoms with Crippen molar-refractivity contribution in [2.24, 2.45) is 11.8 Å². The summed E-state index contributed by atoms with van der Waals surface area (Å²) in [5.41, 5.74) is 1.96. The Kier molecular flexibility index (Phi) is 7.31. The van der Waals surface area contributed by atoms with Gasteiger partial charge in [-0.1, -0.05) is 36.4 Å². The first kappa shape index (κ1) is 27.0. The minimum Gasteiger partial charge on any atom is -0.491 e. The molecule has 2 bridgehead atoms. The Morgan fingerprint density at radius 3 is 2.41 bits per heavy atom. The lowest BCUT2D eigenvalue weighted by Crippen LogP contribution is -2.64. The summed E-state index contributed by atoms with van der Waals surface area (Å²) < 4.78 is 46.8. The molecule has 8 nitrogen and oxygen atoms in total. The van der Waals surface area contributed by atoms with Gasteiger partial charge < -0.3 is 29.3 Å². The van der Waals surface area contributed by atoms with Gasteiger partial charge in [0.25, 0.3) is 5.92 Å². The Morgan fingerprint density at radius 2 is 1.74 bits per heavy atom. The number of ether oxygens (including phenoxy) is 3. The first-order valence-electron chi connectivity index (χ1n) is 13.3. The van der Waals surface area contributed by atoms with Crippen molar-refractivity contribution < 1.29 is 32.6 Å². The molecule has 3 aliphatic heterocycles. The molecule has 0 aliphatic carbocycles. The molecule has 2 aromatic rings. The number of nitrogens with one attached hydrogen (secondary N) is 1. The average Bonchev–Trinajstić information content (AvgIpc) is 2.86. The van der Waals surface area contributed by atoms with Crippen LogP contribution in [0.5, 0.6) is 5.75 Å². The van der Waals surface area contributed by atoms with Crippen molar-refractivity contribution in [3.8, 4) is 5.75 Å². The fourth-order valence-corrected chi connectivity index (χ4v) is 5.42. The van der Waals surface area contributed by atoms with E-state index in [9.17, 15) is 9.59 Å². The van der Waals surface area contributed by atoms with E-state index in [4.69, 9.17) is 14.2 Å². The molecule has 2 aromatic carbocycles. The molecule has 0 saturated carbocycles. The summed E-state index contributed by atoms with van der Waals surface area (Å²) in [6, 6.07) is 14.9. The van der Waals surface area contributed by atoms with Crippen LogP contribution in [0.1, 0.15) is 31.9 Å². The Labute approximate surface area is 227 Å². The molecule has 2 fully saturated rings. The van der Waals surface area contributed by atoms with E-state index < -0.39 is 35.5 Å². The Bertz CT molecular complexity index is 1190. The minimum atomic E-state index is -2.85. The van der Waals surface area contributed by atoms with Crippen LogP contribution in [0.25, 0.3) is 0 Å². The maximum atomic E-state index is 15.1. The summed E-state index contributed by atoms with van der Waals surface area (Å²) in [7, 11) is 0. The van der Waals surface area contributed by atoms with Gasteiger partial charge in [0, 0.05) is 37.9 Å². The van der Waals surface area contributed by atoms with Gasteiger partial charge in [-0.3, -0.25) is 0 Å². The Morgan fingerprint density at radius 1 is 1.05 bits per heavy atom. The third-order valence-electron chi connectivity index (χ3n) is 7.36. The van der Waals surface area contributed by atoms with Crippen LogP contribution >= 0.6 is 0 Å². The van der Waals surface area contributed by atoms with Gasteiger partial charge in [-0.25, -0.2) is 18.4 Å². The van der Waals surface area contributed by atoms with Gasteiger partial charge in [0.15, 0.2) is 0 Å². The maximum Gasteiger partial charge on any atom is 0.410 e. The van der Waals surface area contributed by atoms with Crippen LogP contribution in [0, 0.1) is 11.8 Å². The van der Waals surface area contributed by atoms with Crippen LogP contribution < -0.4 is 15.0 Å². The molecule has 2 saturated heterocycles. The van der Waals surface area contributed by atoms with Gasteiger partial charge in [-0.15, -0.1) is 0 Å². The van der Waals surface area contributed by atoms with E-state index in [1.807, 2.05) is 53.4 Å². The predicted molar refractivity (Wildman–Crippen MR) is 141 cm³/mol. The molecular formula is C29H35F2N3O5.